The summed E-state index contributed by atoms with van der Waals surface area (Å²) in [6, 6.07) is 9.23. The van der Waals surface area contributed by atoms with E-state index < -0.39 is 18.0 Å². The van der Waals surface area contributed by atoms with Crippen molar-refractivity contribution in [3.8, 4) is 0 Å². The first kappa shape index (κ1) is 20.2. The van der Waals surface area contributed by atoms with Crippen LogP contribution in [0, 0.1) is 11.8 Å². The van der Waals surface area contributed by atoms with E-state index in [-0.39, 0.29) is 30.9 Å². The zero-order chi connectivity index (χ0) is 19.4. The monoisotopic (exact) mass is 383 g/mol. The van der Waals surface area contributed by atoms with Crippen molar-refractivity contribution in [1.82, 2.24) is 0 Å². The van der Waals surface area contributed by atoms with Gasteiger partial charge in [-0.05, 0) is 57.1 Å². The minimum atomic E-state index is -4.22. The van der Waals surface area contributed by atoms with Crippen LogP contribution in [0.15, 0.2) is 30.3 Å². The van der Waals surface area contributed by atoms with E-state index in [0.717, 1.165) is 31.4 Å². The molecule has 1 aromatic carbocycles. The molecule has 0 radical (unpaired) electrons. The number of para-hydroxylation sites is 1. The number of nitrogens with zero attached hydrogens (tertiary/aromatic N) is 1. The maximum Gasteiger partial charge on any atom is 0.391 e. The van der Waals surface area contributed by atoms with Gasteiger partial charge in [-0.2, -0.15) is 13.2 Å². The molecule has 0 spiro atoms. The van der Waals surface area contributed by atoms with Gasteiger partial charge in [-0.1, -0.05) is 25.1 Å². The summed E-state index contributed by atoms with van der Waals surface area (Å²) in [5, 5.41) is 0. The Morgan fingerprint density at radius 3 is 2.52 bits per heavy atom. The largest absolute Gasteiger partial charge is 0.391 e. The molecule has 2 saturated carbocycles. The standard InChI is InChI=1S/C21H28F3NO2/c1-2-13-27-19-10-6-9-18(19)25(17-7-4-3-5-8-17)20(26)15-11-12-16(14-15)21(22,23)24/h3-5,7-8,15-16,18-19H,2,6,9-14H2,1H3. The molecule has 4 unspecified atom stereocenters. The van der Waals surface area contributed by atoms with Gasteiger partial charge >= 0.3 is 6.18 Å². The first-order valence-electron chi connectivity index (χ1n) is 9.98. The van der Waals surface area contributed by atoms with E-state index in [1.165, 1.54) is 0 Å². The van der Waals surface area contributed by atoms with Crippen molar-refractivity contribution in [2.24, 2.45) is 11.8 Å². The highest BCUT2D eigenvalue weighted by molar-refractivity contribution is 5.96. The fraction of sp³-hybridized carbons (Fsp3) is 0.667. The van der Waals surface area contributed by atoms with Crippen molar-refractivity contribution in [3.05, 3.63) is 30.3 Å². The molecule has 0 bridgehead atoms. The van der Waals surface area contributed by atoms with E-state index >= 15 is 0 Å². The third kappa shape index (κ3) is 4.65. The summed E-state index contributed by atoms with van der Waals surface area (Å²) in [5.74, 6) is -2.10. The summed E-state index contributed by atoms with van der Waals surface area (Å²) >= 11 is 0. The van der Waals surface area contributed by atoms with Gasteiger partial charge in [-0.15, -0.1) is 0 Å². The topological polar surface area (TPSA) is 29.5 Å². The van der Waals surface area contributed by atoms with E-state index in [2.05, 4.69) is 0 Å². The highest BCUT2D eigenvalue weighted by Crippen LogP contribution is 2.43. The molecule has 1 amide bonds. The van der Waals surface area contributed by atoms with Crippen LogP contribution in [0.1, 0.15) is 51.9 Å². The number of halogens is 3. The molecule has 1 aromatic rings. The lowest BCUT2D eigenvalue weighted by atomic mass is 10.0. The number of benzene rings is 1. The van der Waals surface area contributed by atoms with E-state index in [1.807, 2.05) is 37.3 Å². The maximum absolute atomic E-state index is 13.3. The number of anilines is 1. The lowest BCUT2D eigenvalue weighted by molar-refractivity contribution is -0.173. The van der Waals surface area contributed by atoms with Gasteiger partial charge in [0.05, 0.1) is 18.1 Å². The molecule has 0 aliphatic heterocycles. The molecule has 27 heavy (non-hydrogen) atoms. The summed E-state index contributed by atoms with van der Waals surface area (Å²) in [6.45, 7) is 2.68. The zero-order valence-electron chi connectivity index (χ0n) is 15.8. The van der Waals surface area contributed by atoms with E-state index in [4.69, 9.17) is 4.74 Å². The molecule has 3 nitrogen and oxygen atoms in total. The number of rotatable bonds is 6. The van der Waals surface area contributed by atoms with Crippen molar-refractivity contribution in [2.75, 3.05) is 11.5 Å². The van der Waals surface area contributed by atoms with Gasteiger partial charge in [0.15, 0.2) is 0 Å². The van der Waals surface area contributed by atoms with Gasteiger partial charge in [0.2, 0.25) is 5.91 Å². The molecule has 0 heterocycles. The van der Waals surface area contributed by atoms with Crippen molar-refractivity contribution in [1.29, 1.82) is 0 Å². The van der Waals surface area contributed by atoms with Crippen LogP contribution in [0.3, 0.4) is 0 Å². The molecule has 2 fully saturated rings. The van der Waals surface area contributed by atoms with Crippen LogP contribution < -0.4 is 4.90 Å². The molecule has 150 valence electrons. The molecule has 6 heteroatoms. The minimum absolute atomic E-state index is 0.0446. The third-order valence-corrected chi connectivity index (χ3v) is 5.80. The van der Waals surface area contributed by atoms with Crippen LogP contribution in [0.4, 0.5) is 18.9 Å². The van der Waals surface area contributed by atoms with Gasteiger partial charge in [0, 0.05) is 18.2 Å². The maximum atomic E-state index is 13.3. The molecule has 3 rings (SSSR count). The van der Waals surface area contributed by atoms with Crippen molar-refractivity contribution >= 4 is 11.6 Å². The fourth-order valence-electron chi connectivity index (χ4n) is 4.44. The number of hydrogen-bond acceptors (Lipinski definition) is 2. The van der Waals surface area contributed by atoms with Crippen molar-refractivity contribution in [3.63, 3.8) is 0 Å². The molecular weight excluding hydrogens is 355 g/mol. The molecule has 4 atom stereocenters. The Bertz CT molecular complexity index is 620. The summed E-state index contributed by atoms with van der Waals surface area (Å²) in [7, 11) is 0. The summed E-state index contributed by atoms with van der Waals surface area (Å²) < 4.78 is 45.2. The number of hydrogen-bond donors (Lipinski definition) is 0. The molecular formula is C21H28F3NO2. The lowest BCUT2D eigenvalue weighted by Crippen LogP contribution is -2.48. The summed E-state index contributed by atoms with van der Waals surface area (Å²) in [6.07, 6.45) is -0.437. The van der Waals surface area contributed by atoms with Crippen LogP contribution in [-0.4, -0.2) is 30.8 Å². The Hall–Kier alpha value is -1.56. The molecule has 0 N–H and O–H groups in total. The van der Waals surface area contributed by atoms with E-state index in [9.17, 15) is 18.0 Å². The molecule has 2 aliphatic carbocycles. The first-order chi connectivity index (χ1) is 12.9. The average molecular weight is 383 g/mol. The van der Waals surface area contributed by atoms with Crippen LogP contribution >= 0.6 is 0 Å². The Morgan fingerprint density at radius 2 is 1.89 bits per heavy atom. The van der Waals surface area contributed by atoms with Crippen LogP contribution in [-0.2, 0) is 9.53 Å². The van der Waals surface area contributed by atoms with Gasteiger partial charge in [0.1, 0.15) is 0 Å². The minimum Gasteiger partial charge on any atom is -0.376 e. The smallest absolute Gasteiger partial charge is 0.376 e. The van der Waals surface area contributed by atoms with Gasteiger partial charge in [0.25, 0.3) is 0 Å². The van der Waals surface area contributed by atoms with Crippen LogP contribution in [0.5, 0.6) is 0 Å². The second-order valence-corrected chi connectivity index (χ2v) is 7.70. The predicted octanol–water partition coefficient (Wildman–Crippen LogP) is 5.35. The zero-order valence-corrected chi connectivity index (χ0v) is 15.8. The van der Waals surface area contributed by atoms with Gasteiger partial charge in [-0.3, -0.25) is 4.79 Å². The van der Waals surface area contributed by atoms with Gasteiger partial charge in [-0.25, -0.2) is 0 Å². The first-order valence-corrected chi connectivity index (χ1v) is 9.98. The summed E-state index contributed by atoms with van der Waals surface area (Å²) in [4.78, 5) is 15.1. The van der Waals surface area contributed by atoms with Crippen LogP contribution in [0.25, 0.3) is 0 Å². The third-order valence-electron chi connectivity index (χ3n) is 5.80. The number of alkyl halides is 3. The number of carbonyl (C=O) groups is 1. The lowest BCUT2D eigenvalue weighted by Gasteiger charge is -2.35. The molecule has 0 aromatic heterocycles. The van der Waals surface area contributed by atoms with Crippen molar-refractivity contribution in [2.45, 2.75) is 70.2 Å². The Labute approximate surface area is 158 Å². The molecule has 2 aliphatic rings. The molecule has 0 saturated heterocycles. The van der Waals surface area contributed by atoms with E-state index in [1.54, 1.807) is 4.90 Å². The number of carbonyl (C=O) groups excluding carboxylic acids is 1. The second-order valence-electron chi connectivity index (χ2n) is 7.70. The quantitative estimate of drug-likeness (QED) is 0.663. The summed E-state index contributed by atoms with van der Waals surface area (Å²) in [5.41, 5.74) is 0.759. The Morgan fingerprint density at radius 1 is 1.15 bits per heavy atom. The fourth-order valence-corrected chi connectivity index (χ4v) is 4.44. The Balaban J connectivity index is 1.82. The highest BCUT2D eigenvalue weighted by Gasteiger charge is 2.48. The average Bonchev–Trinajstić information content (AvgIpc) is 3.30. The SMILES string of the molecule is CCCOC1CCCC1N(C(=O)C1CCC(C(F)(F)F)C1)c1ccccc1. The van der Waals surface area contributed by atoms with E-state index in [0.29, 0.717) is 13.0 Å². The number of amides is 1. The number of ether oxygens (including phenoxy) is 1. The highest BCUT2D eigenvalue weighted by atomic mass is 19.4. The Kier molecular flexibility index (Phi) is 6.45. The van der Waals surface area contributed by atoms with Gasteiger partial charge < -0.3 is 9.64 Å². The van der Waals surface area contributed by atoms with Crippen LogP contribution in [0.2, 0.25) is 0 Å². The predicted molar refractivity (Wildman–Crippen MR) is 98.5 cm³/mol. The normalized spacial score (nSPS) is 28.4. The van der Waals surface area contributed by atoms with Crippen molar-refractivity contribution < 1.29 is 22.7 Å². The second kappa shape index (κ2) is 8.63.